The molecule has 1 amide bonds. The highest BCUT2D eigenvalue weighted by atomic mass is 16.4. The molecule has 128 valence electrons. The van der Waals surface area contributed by atoms with Gasteiger partial charge in [0.05, 0.1) is 5.41 Å². The van der Waals surface area contributed by atoms with Crippen molar-refractivity contribution in [2.45, 2.75) is 34.1 Å². The highest BCUT2D eigenvalue weighted by Crippen LogP contribution is 2.39. The maximum absolute atomic E-state index is 12.9. The van der Waals surface area contributed by atoms with E-state index in [4.69, 9.17) is 4.42 Å². The topological polar surface area (TPSA) is 70.8 Å². The van der Waals surface area contributed by atoms with Gasteiger partial charge in [0.1, 0.15) is 5.58 Å². The van der Waals surface area contributed by atoms with E-state index >= 15 is 0 Å². The highest BCUT2D eigenvalue weighted by Gasteiger charge is 2.49. The maximum atomic E-state index is 12.9. The van der Waals surface area contributed by atoms with Crippen LogP contribution in [0.2, 0.25) is 0 Å². The number of carbonyl (C=O) groups is 2. The van der Waals surface area contributed by atoms with E-state index in [1.165, 1.54) is 0 Å². The molecule has 5 nitrogen and oxygen atoms in total. The summed E-state index contributed by atoms with van der Waals surface area (Å²) in [6, 6.07) is 5.83. The van der Waals surface area contributed by atoms with E-state index in [0.29, 0.717) is 18.7 Å². The summed E-state index contributed by atoms with van der Waals surface area (Å²) < 4.78 is 5.85. The number of aryl methyl sites for hydroxylation is 2. The molecule has 0 saturated carbocycles. The van der Waals surface area contributed by atoms with Crippen LogP contribution >= 0.6 is 0 Å². The molecule has 1 saturated heterocycles. The van der Waals surface area contributed by atoms with Gasteiger partial charge in [0.15, 0.2) is 5.76 Å². The lowest BCUT2D eigenvalue weighted by molar-refractivity contribution is -0.150. The number of benzene rings is 1. The number of para-hydroxylation sites is 1. The molecule has 0 aliphatic carbocycles. The van der Waals surface area contributed by atoms with Crippen LogP contribution in [0.15, 0.2) is 22.6 Å². The van der Waals surface area contributed by atoms with Gasteiger partial charge in [-0.25, -0.2) is 0 Å². The number of likely N-dealkylation sites (tertiary alicyclic amines) is 1. The first-order valence-corrected chi connectivity index (χ1v) is 8.29. The summed E-state index contributed by atoms with van der Waals surface area (Å²) >= 11 is 0. The van der Waals surface area contributed by atoms with Gasteiger partial charge in [-0.15, -0.1) is 0 Å². The van der Waals surface area contributed by atoms with Gasteiger partial charge in [-0.2, -0.15) is 0 Å². The molecule has 1 atom stereocenters. The quantitative estimate of drug-likeness (QED) is 0.933. The Balaban J connectivity index is 1.95. The van der Waals surface area contributed by atoms with Crippen molar-refractivity contribution in [3.05, 3.63) is 35.1 Å². The number of carboxylic acids is 1. The van der Waals surface area contributed by atoms with Gasteiger partial charge in [0.25, 0.3) is 5.91 Å². The molecule has 3 rings (SSSR count). The Morgan fingerprint density at radius 3 is 2.54 bits per heavy atom. The minimum atomic E-state index is -0.870. The van der Waals surface area contributed by atoms with Crippen molar-refractivity contribution in [1.29, 1.82) is 0 Å². The van der Waals surface area contributed by atoms with Crippen LogP contribution in [0.3, 0.4) is 0 Å². The molecule has 1 aromatic heterocycles. The molecule has 2 aromatic rings. The van der Waals surface area contributed by atoms with Crippen molar-refractivity contribution in [3.63, 3.8) is 0 Å². The first-order chi connectivity index (χ1) is 11.3. The number of carbonyl (C=O) groups excluding carboxylic acids is 1. The summed E-state index contributed by atoms with van der Waals surface area (Å²) in [6.45, 7) is 8.30. The minimum Gasteiger partial charge on any atom is -0.481 e. The number of amides is 1. The SMILES string of the molecule is Cc1c(C(=O)N2CCC(C(=O)O)(C(C)C)C2)oc2c(C)cccc12. The van der Waals surface area contributed by atoms with E-state index in [9.17, 15) is 14.7 Å². The third-order valence-corrected chi connectivity index (χ3v) is 5.47. The lowest BCUT2D eigenvalue weighted by Gasteiger charge is -2.28. The molecule has 1 aromatic carbocycles. The second kappa shape index (κ2) is 5.65. The largest absolute Gasteiger partial charge is 0.481 e. The Hall–Kier alpha value is -2.30. The molecule has 5 heteroatoms. The average Bonchev–Trinajstić information content (AvgIpc) is 3.11. The summed E-state index contributed by atoms with van der Waals surface area (Å²) in [5.41, 5.74) is 1.66. The molecule has 1 N–H and O–H groups in total. The van der Waals surface area contributed by atoms with Crippen molar-refractivity contribution in [3.8, 4) is 0 Å². The first kappa shape index (κ1) is 16.6. The zero-order chi connectivity index (χ0) is 17.6. The number of nitrogens with zero attached hydrogens (tertiary/aromatic N) is 1. The monoisotopic (exact) mass is 329 g/mol. The predicted molar refractivity (Wildman–Crippen MR) is 91.1 cm³/mol. The third-order valence-electron chi connectivity index (χ3n) is 5.47. The molecule has 2 heterocycles. The standard InChI is InChI=1S/C19H23NO4/c1-11(2)19(18(22)23)8-9-20(10-19)17(21)16-13(4)14-7-5-6-12(3)15(14)24-16/h5-7,11H,8-10H2,1-4H3,(H,22,23). The van der Waals surface area contributed by atoms with E-state index < -0.39 is 11.4 Å². The molecule has 0 bridgehead atoms. The van der Waals surface area contributed by atoms with Crippen LogP contribution in [-0.4, -0.2) is 35.0 Å². The zero-order valence-electron chi connectivity index (χ0n) is 14.5. The summed E-state index contributed by atoms with van der Waals surface area (Å²) in [5.74, 6) is -0.757. The Bertz CT molecular complexity index is 820. The second-order valence-electron chi connectivity index (χ2n) is 7.10. The Labute approximate surface area is 141 Å². The number of fused-ring (bicyclic) bond motifs is 1. The van der Waals surface area contributed by atoms with E-state index in [0.717, 1.165) is 22.1 Å². The van der Waals surface area contributed by atoms with Crippen molar-refractivity contribution < 1.29 is 19.1 Å². The van der Waals surface area contributed by atoms with Crippen LogP contribution in [0, 0.1) is 25.2 Å². The average molecular weight is 329 g/mol. The number of aliphatic carboxylic acids is 1. The van der Waals surface area contributed by atoms with Crippen molar-refractivity contribution >= 4 is 22.8 Å². The van der Waals surface area contributed by atoms with Crippen LogP contribution in [0.1, 0.15) is 41.9 Å². The van der Waals surface area contributed by atoms with Gasteiger partial charge in [0.2, 0.25) is 0 Å². The molecule has 24 heavy (non-hydrogen) atoms. The number of hydrogen-bond donors (Lipinski definition) is 1. The molecule has 0 radical (unpaired) electrons. The number of rotatable bonds is 3. The van der Waals surface area contributed by atoms with Crippen LogP contribution in [-0.2, 0) is 4.79 Å². The number of hydrogen-bond acceptors (Lipinski definition) is 3. The molecule has 1 fully saturated rings. The molecule has 1 aliphatic heterocycles. The Morgan fingerprint density at radius 2 is 2.00 bits per heavy atom. The van der Waals surface area contributed by atoms with Gasteiger partial charge >= 0.3 is 5.97 Å². The van der Waals surface area contributed by atoms with Gasteiger partial charge in [0, 0.05) is 24.0 Å². The van der Waals surface area contributed by atoms with E-state index in [1.54, 1.807) is 4.90 Å². The summed E-state index contributed by atoms with van der Waals surface area (Å²) in [4.78, 5) is 26.3. The summed E-state index contributed by atoms with van der Waals surface area (Å²) in [5, 5.41) is 10.6. The van der Waals surface area contributed by atoms with Gasteiger partial charge in [-0.1, -0.05) is 32.0 Å². The maximum Gasteiger partial charge on any atom is 0.311 e. The van der Waals surface area contributed by atoms with Crippen molar-refractivity contribution in [2.75, 3.05) is 13.1 Å². The molecular formula is C19H23NO4. The van der Waals surface area contributed by atoms with Crippen LogP contribution < -0.4 is 0 Å². The van der Waals surface area contributed by atoms with E-state index in [-0.39, 0.29) is 18.4 Å². The predicted octanol–water partition coefficient (Wildman–Crippen LogP) is 3.62. The second-order valence-corrected chi connectivity index (χ2v) is 7.10. The summed E-state index contributed by atoms with van der Waals surface area (Å²) in [6.07, 6.45) is 0.476. The Kier molecular flexibility index (Phi) is 3.90. The van der Waals surface area contributed by atoms with Gasteiger partial charge in [-0.05, 0) is 31.7 Å². The smallest absolute Gasteiger partial charge is 0.311 e. The molecule has 1 unspecified atom stereocenters. The molecular weight excluding hydrogens is 306 g/mol. The van der Waals surface area contributed by atoms with Gasteiger partial charge in [-0.3, -0.25) is 9.59 Å². The van der Waals surface area contributed by atoms with Crippen LogP contribution in [0.4, 0.5) is 0 Å². The highest BCUT2D eigenvalue weighted by molar-refractivity contribution is 6.00. The zero-order valence-corrected chi connectivity index (χ0v) is 14.5. The minimum absolute atomic E-state index is 0.0354. The normalized spacial score (nSPS) is 21.0. The van der Waals surface area contributed by atoms with Crippen molar-refractivity contribution in [1.82, 2.24) is 4.90 Å². The lowest BCUT2D eigenvalue weighted by Crippen LogP contribution is -2.40. The fourth-order valence-corrected chi connectivity index (χ4v) is 3.63. The summed E-state index contributed by atoms with van der Waals surface area (Å²) in [7, 11) is 0. The molecule has 0 spiro atoms. The third kappa shape index (κ3) is 2.30. The Morgan fingerprint density at radius 1 is 1.29 bits per heavy atom. The first-order valence-electron chi connectivity index (χ1n) is 8.29. The van der Waals surface area contributed by atoms with Crippen molar-refractivity contribution in [2.24, 2.45) is 11.3 Å². The van der Waals surface area contributed by atoms with Crippen LogP contribution in [0.25, 0.3) is 11.0 Å². The fraction of sp³-hybridized carbons (Fsp3) is 0.474. The molecule has 1 aliphatic rings. The number of carboxylic acid groups (broad SMARTS) is 1. The number of furan rings is 1. The fourth-order valence-electron chi connectivity index (χ4n) is 3.63. The van der Waals surface area contributed by atoms with E-state index in [2.05, 4.69) is 0 Å². The van der Waals surface area contributed by atoms with Crippen LogP contribution in [0.5, 0.6) is 0 Å². The lowest BCUT2D eigenvalue weighted by atomic mass is 9.76. The van der Waals surface area contributed by atoms with E-state index in [1.807, 2.05) is 45.9 Å². The van der Waals surface area contributed by atoms with Gasteiger partial charge < -0.3 is 14.4 Å².